The minimum Gasteiger partial charge on any atom is -0.491 e. The lowest BCUT2D eigenvalue weighted by atomic mass is 9.25. The molecule has 2 nitrogen and oxygen atoms in total. The Morgan fingerprint density at radius 3 is 1.58 bits per heavy atom. The van der Waals surface area contributed by atoms with E-state index >= 15 is 0 Å². The van der Waals surface area contributed by atoms with Gasteiger partial charge in [0.1, 0.15) is 11.5 Å². The second-order valence-electron chi connectivity index (χ2n) is 11.7. The average molecular weight is 487 g/mol. The van der Waals surface area contributed by atoms with Gasteiger partial charge in [0, 0.05) is 5.47 Å². The Kier molecular flexibility index (Phi) is 9.72. The summed E-state index contributed by atoms with van der Waals surface area (Å²) in [4.78, 5) is 0. The molecule has 0 aromatic carbocycles. The van der Waals surface area contributed by atoms with Crippen molar-refractivity contribution >= 4 is 6.71 Å². The second-order valence-corrected chi connectivity index (χ2v) is 11.7. The zero-order chi connectivity index (χ0) is 24.4. The molecule has 3 aliphatic carbocycles. The summed E-state index contributed by atoms with van der Waals surface area (Å²) in [6.07, 6.45) is 42.9. The predicted molar refractivity (Wildman–Crippen MR) is 153 cm³/mol. The van der Waals surface area contributed by atoms with Crippen molar-refractivity contribution in [1.82, 2.24) is 0 Å². The number of ether oxygens (including phenoxy) is 2. The highest BCUT2D eigenvalue weighted by Gasteiger charge is 2.52. The average Bonchev–Trinajstić information content (AvgIpc) is 2.94. The Bertz CT molecular complexity index is 891. The minimum absolute atomic E-state index is 0.347. The van der Waals surface area contributed by atoms with Crippen LogP contribution < -0.4 is 0 Å². The summed E-state index contributed by atoms with van der Waals surface area (Å²) in [5, 5.41) is 0. The third-order valence-electron chi connectivity index (χ3n) is 9.26. The second kappa shape index (κ2) is 13.6. The Hall–Kier alpha value is -1.90. The fraction of sp³-hybridized carbons (Fsp3) is 0.636. The standard InChI is InChI=1S/C33H47BO2/c1-3-9-15-21-27-29(23-17-11-4-1)35-31-25-19-13-5-2-6-14-20-26-32-33(31)34(27)28-22-16-10-7-8-12-18-24-30(28)36-32/h2,5-6,13-14,19-20,25-30H,1,3-4,7-12,15-18,21-24H2/b5-2-,6-2?,13-5?,14-6-,19-13-,20-14?,25-19?,26-20-,31-25+,32-26?. The van der Waals surface area contributed by atoms with Gasteiger partial charge in [0.2, 0.25) is 0 Å². The maximum Gasteiger partial charge on any atom is 0.199 e. The number of rotatable bonds is 0. The highest BCUT2D eigenvalue weighted by Crippen LogP contribution is 2.52. The first-order valence-corrected chi connectivity index (χ1v) is 15.4. The van der Waals surface area contributed by atoms with Crippen LogP contribution in [-0.4, -0.2) is 18.9 Å². The molecule has 194 valence electrons. The van der Waals surface area contributed by atoms with Crippen molar-refractivity contribution in [2.45, 2.75) is 133 Å². The number of hydrogen-bond acceptors (Lipinski definition) is 2. The van der Waals surface area contributed by atoms with Crippen molar-refractivity contribution in [3.63, 3.8) is 0 Å². The topological polar surface area (TPSA) is 18.5 Å². The summed E-state index contributed by atoms with van der Waals surface area (Å²) in [6, 6.07) is 0. The van der Waals surface area contributed by atoms with Gasteiger partial charge in [-0.3, -0.25) is 0 Å². The highest BCUT2D eigenvalue weighted by atomic mass is 16.5. The molecule has 0 radical (unpaired) electrons. The first kappa shape index (κ1) is 25.7. The van der Waals surface area contributed by atoms with E-state index in [9.17, 15) is 0 Å². The normalized spacial score (nSPS) is 37.2. The van der Waals surface area contributed by atoms with Gasteiger partial charge >= 0.3 is 0 Å². The van der Waals surface area contributed by atoms with Crippen LogP contribution in [0.4, 0.5) is 0 Å². The van der Waals surface area contributed by atoms with Gasteiger partial charge in [-0.2, -0.15) is 0 Å². The molecule has 1 saturated heterocycles. The van der Waals surface area contributed by atoms with Crippen molar-refractivity contribution < 1.29 is 9.47 Å². The molecular formula is C33H47BO2. The quantitative estimate of drug-likeness (QED) is 0.317. The van der Waals surface area contributed by atoms with E-state index in [1.54, 1.807) is 0 Å². The van der Waals surface area contributed by atoms with E-state index in [-0.39, 0.29) is 0 Å². The van der Waals surface area contributed by atoms with Crippen LogP contribution in [0, 0.1) is 0 Å². The van der Waals surface area contributed by atoms with Crippen LogP contribution >= 0.6 is 0 Å². The molecule has 2 heterocycles. The largest absolute Gasteiger partial charge is 0.491 e. The molecule has 0 bridgehead atoms. The van der Waals surface area contributed by atoms with Gasteiger partial charge in [-0.05, 0) is 49.5 Å². The summed E-state index contributed by atoms with van der Waals surface area (Å²) in [6.45, 7) is 0.560. The monoisotopic (exact) mass is 486 g/mol. The van der Waals surface area contributed by atoms with E-state index in [2.05, 4.69) is 54.7 Å². The SMILES string of the molecule is C1=C\C=C/C=C2/OC3CCCCCCCCCC3B3C2=C(/C=C\C=C/1)OC1CCCCCCCCC31. The molecular weight excluding hydrogens is 439 g/mol. The summed E-state index contributed by atoms with van der Waals surface area (Å²) >= 11 is 0. The third-order valence-corrected chi connectivity index (χ3v) is 9.26. The van der Waals surface area contributed by atoms with Crippen LogP contribution in [0.25, 0.3) is 0 Å². The lowest BCUT2D eigenvalue weighted by molar-refractivity contribution is 0.0638. The van der Waals surface area contributed by atoms with Crippen LogP contribution in [0.5, 0.6) is 0 Å². The molecule has 36 heavy (non-hydrogen) atoms. The minimum atomic E-state index is 0.347. The fourth-order valence-corrected chi connectivity index (χ4v) is 7.47. The molecule has 2 aliphatic heterocycles. The van der Waals surface area contributed by atoms with Crippen LogP contribution in [0.2, 0.25) is 11.6 Å². The molecule has 4 atom stereocenters. The molecule has 3 fully saturated rings. The van der Waals surface area contributed by atoms with E-state index < -0.39 is 0 Å². The van der Waals surface area contributed by atoms with Crippen molar-refractivity contribution in [3.8, 4) is 0 Å². The predicted octanol–water partition coefficient (Wildman–Crippen LogP) is 9.59. The summed E-state index contributed by atoms with van der Waals surface area (Å²) in [5.74, 6) is 3.40. The number of fused-ring (bicyclic) bond motifs is 4. The fourth-order valence-electron chi connectivity index (χ4n) is 7.47. The number of allylic oxidation sites excluding steroid dienone is 10. The Morgan fingerprint density at radius 2 is 0.972 bits per heavy atom. The summed E-state index contributed by atoms with van der Waals surface area (Å²) < 4.78 is 13.9. The zero-order valence-corrected chi connectivity index (χ0v) is 22.4. The van der Waals surface area contributed by atoms with Crippen molar-refractivity contribution in [1.29, 1.82) is 0 Å². The van der Waals surface area contributed by atoms with Gasteiger partial charge in [0.15, 0.2) is 6.71 Å². The van der Waals surface area contributed by atoms with Crippen molar-refractivity contribution in [3.05, 3.63) is 71.7 Å². The summed E-state index contributed by atoms with van der Waals surface area (Å²) in [5.41, 5.74) is 1.38. The first-order chi connectivity index (χ1) is 17.9. The zero-order valence-electron chi connectivity index (χ0n) is 22.4. The van der Waals surface area contributed by atoms with Crippen LogP contribution in [0.1, 0.15) is 109 Å². The summed E-state index contributed by atoms with van der Waals surface area (Å²) in [7, 11) is 0. The molecule has 0 spiro atoms. The Balaban J connectivity index is 1.58. The smallest absolute Gasteiger partial charge is 0.199 e. The Labute approximate surface area is 220 Å². The van der Waals surface area contributed by atoms with Crippen LogP contribution in [0.15, 0.2) is 71.7 Å². The van der Waals surface area contributed by atoms with Crippen molar-refractivity contribution in [2.75, 3.05) is 0 Å². The van der Waals surface area contributed by atoms with Gasteiger partial charge in [0.25, 0.3) is 0 Å². The molecule has 5 rings (SSSR count). The molecule has 3 heteroatoms. The van der Waals surface area contributed by atoms with Gasteiger partial charge in [-0.1, -0.05) is 126 Å². The maximum absolute atomic E-state index is 6.98. The van der Waals surface area contributed by atoms with Crippen molar-refractivity contribution in [2.24, 2.45) is 0 Å². The first-order valence-electron chi connectivity index (χ1n) is 15.4. The molecule has 0 aromatic rings. The van der Waals surface area contributed by atoms with Gasteiger partial charge in [-0.25, -0.2) is 0 Å². The van der Waals surface area contributed by atoms with Crippen LogP contribution in [-0.2, 0) is 9.47 Å². The third kappa shape index (κ3) is 6.50. The van der Waals surface area contributed by atoms with E-state index in [1.165, 1.54) is 115 Å². The molecule has 5 aliphatic rings. The van der Waals surface area contributed by atoms with Crippen LogP contribution in [0.3, 0.4) is 0 Å². The van der Waals surface area contributed by atoms with E-state index in [1.807, 2.05) is 0 Å². The molecule has 0 aromatic heterocycles. The molecule has 4 unspecified atom stereocenters. The van der Waals surface area contributed by atoms with E-state index in [0.717, 1.165) is 11.5 Å². The lowest BCUT2D eigenvalue weighted by Crippen LogP contribution is -2.49. The Morgan fingerprint density at radius 1 is 0.500 bits per heavy atom. The maximum atomic E-state index is 6.98. The van der Waals surface area contributed by atoms with Gasteiger partial charge in [0.05, 0.1) is 12.2 Å². The van der Waals surface area contributed by atoms with Gasteiger partial charge < -0.3 is 9.47 Å². The van der Waals surface area contributed by atoms with E-state index in [0.29, 0.717) is 30.6 Å². The highest BCUT2D eigenvalue weighted by molar-refractivity contribution is 6.71. The molecule has 2 saturated carbocycles. The van der Waals surface area contributed by atoms with Gasteiger partial charge in [-0.15, -0.1) is 0 Å². The van der Waals surface area contributed by atoms with E-state index in [4.69, 9.17) is 9.47 Å². The number of hydrogen-bond donors (Lipinski definition) is 0. The molecule has 0 N–H and O–H groups in total. The lowest BCUT2D eigenvalue weighted by Gasteiger charge is -2.49. The molecule has 0 amide bonds.